The first-order valence-corrected chi connectivity index (χ1v) is 5.39. The Kier molecular flexibility index (Phi) is 4.32. The van der Waals surface area contributed by atoms with E-state index in [4.69, 9.17) is 0 Å². The molecule has 0 bridgehead atoms. The van der Waals surface area contributed by atoms with Crippen molar-refractivity contribution in [2.45, 2.75) is 19.5 Å². The van der Waals surface area contributed by atoms with Gasteiger partial charge in [0.25, 0.3) is 5.91 Å². The topological polar surface area (TPSA) is 20.3 Å². The average molecular weight is 263 g/mol. The summed E-state index contributed by atoms with van der Waals surface area (Å²) < 4.78 is 50.8. The molecule has 1 amide bonds. The van der Waals surface area contributed by atoms with Crippen molar-refractivity contribution in [3.63, 3.8) is 0 Å². The lowest BCUT2D eigenvalue weighted by atomic mass is 10.1. The third kappa shape index (κ3) is 3.21. The number of halogens is 4. The first kappa shape index (κ1) is 14.5. The summed E-state index contributed by atoms with van der Waals surface area (Å²) in [6.45, 7) is 2.17. The molecule has 0 N–H and O–H groups in total. The van der Waals surface area contributed by atoms with E-state index < -0.39 is 29.0 Å². The fourth-order valence-corrected chi connectivity index (χ4v) is 1.51. The van der Waals surface area contributed by atoms with Crippen LogP contribution in [0.2, 0.25) is 0 Å². The normalized spacial score (nSPS) is 11.4. The zero-order chi connectivity index (χ0) is 13.9. The number of amides is 1. The zero-order valence-corrected chi connectivity index (χ0v) is 10.0. The molecule has 0 atom stereocenters. The lowest BCUT2D eigenvalue weighted by Gasteiger charge is -2.17. The van der Waals surface area contributed by atoms with Crippen molar-refractivity contribution in [1.82, 2.24) is 4.90 Å². The second-order valence-electron chi connectivity index (χ2n) is 3.92. The highest BCUT2D eigenvalue weighted by Crippen LogP contribution is 2.30. The fourth-order valence-electron chi connectivity index (χ4n) is 1.51. The quantitative estimate of drug-likeness (QED) is 0.766. The minimum atomic E-state index is -4.59. The van der Waals surface area contributed by atoms with E-state index in [-0.39, 0.29) is 0 Å². The summed E-state index contributed by atoms with van der Waals surface area (Å²) in [6.07, 6.45) is -3.95. The summed E-state index contributed by atoms with van der Waals surface area (Å²) in [7, 11) is 1.42. The largest absolute Gasteiger partial charge is 0.416 e. The third-order valence-corrected chi connectivity index (χ3v) is 2.43. The molecule has 0 fully saturated rings. The Morgan fingerprint density at radius 1 is 1.33 bits per heavy atom. The van der Waals surface area contributed by atoms with Crippen molar-refractivity contribution in [3.05, 3.63) is 35.1 Å². The number of carbonyl (C=O) groups excluding carboxylic acids is 1. The van der Waals surface area contributed by atoms with Crippen LogP contribution >= 0.6 is 0 Å². The van der Waals surface area contributed by atoms with E-state index in [2.05, 4.69) is 0 Å². The lowest BCUT2D eigenvalue weighted by molar-refractivity contribution is -0.137. The highest BCUT2D eigenvalue weighted by Gasteiger charge is 2.32. The van der Waals surface area contributed by atoms with Gasteiger partial charge in [-0.3, -0.25) is 4.79 Å². The predicted molar refractivity (Wildman–Crippen MR) is 58.7 cm³/mol. The van der Waals surface area contributed by atoms with Gasteiger partial charge in [0.2, 0.25) is 0 Å². The SMILES string of the molecule is CCCN(C)C(=O)c1cc(C(F)(F)F)ccc1F. The summed E-state index contributed by atoms with van der Waals surface area (Å²) >= 11 is 0. The van der Waals surface area contributed by atoms with Crippen molar-refractivity contribution in [2.24, 2.45) is 0 Å². The number of hydrogen-bond donors (Lipinski definition) is 0. The fraction of sp³-hybridized carbons (Fsp3) is 0.417. The van der Waals surface area contributed by atoms with Crippen LogP contribution in [0.25, 0.3) is 0 Å². The van der Waals surface area contributed by atoms with Crippen LogP contribution in [-0.4, -0.2) is 24.4 Å². The summed E-state index contributed by atoms with van der Waals surface area (Å²) in [5.74, 6) is -1.70. The Bertz CT molecular complexity index is 442. The van der Waals surface area contributed by atoms with Gasteiger partial charge < -0.3 is 4.90 Å². The van der Waals surface area contributed by atoms with E-state index in [1.165, 1.54) is 11.9 Å². The van der Waals surface area contributed by atoms with Crippen LogP contribution < -0.4 is 0 Å². The molecule has 1 aromatic carbocycles. The van der Waals surface area contributed by atoms with Gasteiger partial charge in [0, 0.05) is 13.6 Å². The molecule has 6 heteroatoms. The van der Waals surface area contributed by atoms with Crippen molar-refractivity contribution in [1.29, 1.82) is 0 Å². The predicted octanol–water partition coefficient (Wildman–Crippen LogP) is 3.33. The standard InChI is InChI=1S/C12H13F4NO/c1-3-6-17(2)11(18)9-7-8(12(14,15)16)4-5-10(9)13/h4-5,7H,3,6H2,1-2H3. The summed E-state index contributed by atoms with van der Waals surface area (Å²) in [5, 5.41) is 0. The third-order valence-electron chi connectivity index (χ3n) is 2.43. The molecule has 0 saturated carbocycles. The Morgan fingerprint density at radius 2 is 1.94 bits per heavy atom. The van der Waals surface area contributed by atoms with Crippen molar-refractivity contribution in [2.75, 3.05) is 13.6 Å². The molecular weight excluding hydrogens is 250 g/mol. The van der Waals surface area contributed by atoms with Gasteiger partial charge in [-0.2, -0.15) is 13.2 Å². The van der Waals surface area contributed by atoms with E-state index in [1.54, 1.807) is 0 Å². The van der Waals surface area contributed by atoms with Gasteiger partial charge in [0.15, 0.2) is 0 Å². The van der Waals surface area contributed by atoms with Gasteiger partial charge >= 0.3 is 6.18 Å². The molecule has 1 aromatic rings. The van der Waals surface area contributed by atoms with Crippen molar-refractivity contribution < 1.29 is 22.4 Å². The Balaban J connectivity index is 3.12. The molecule has 0 spiro atoms. The van der Waals surface area contributed by atoms with Gasteiger partial charge in [0.05, 0.1) is 11.1 Å². The van der Waals surface area contributed by atoms with E-state index in [1.807, 2.05) is 6.92 Å². The van der Waals surface area contributed by atoms with Gasteiger partial charge in [-0.25, -0.2) is 4.39 Å². The Labute approximate surface area is 102 Å². The van der Waals surface area contributed by atoms with Gasteiger partial charge in [0.1, 0.15) is 5.82 Å². The first-order valence-electron chi connectivity index (χ1n) is 5.39. The zero-order valence-electron chi connectivity index (χ0n) is 10.0. The number of hydrogen-bond acceptors (Lipinski definition) is 1. The molecule has 0 aliphatic heterocycles. The second-order valence-corrected chi connectivity index (χ2v) is 3.92. The van der Waals surface area contributed by atoms with Crippen LogP contribution in [0.5, 0.6) is 0 Å². The monoisotopic (exact) mass is 263 g/mol. The van der Waals surface area contributed by atoms with Gasteiger partial charge in [-0.05, 0) is 24.6 Å². The molecule has 0 aromatic heterocycles. The number of nitrogens with zero attached hydrogens (tertiary/aromatic N) is 1. The summed E-state index contributed by atoms with van der Waals surface area (Å²) in [5.41, 5.74) is -1.59. The molecule has 2 nitrogen and oxygen atoms in total. The smallest absolute Gasteiger partial charge is 0.342 e. The molecule has 0 heterocycles. The van der Waals surface area contributed by atoms with Gasteiger partial charge in [-0.1, -0.05) is 6.92 Å². The maximum Gasteiger partial charge on any atom is 0.416 e. The van der Waals surface area contributed by atoms with Crippen LogP contribution in [0.4, 0.5) is 17.6 Å². The Morgan fingerprint density at radius 3 is 2.44 bits per heavy atom. The Hall–Kier alpha value is -1.59. The summed E-state index contributed by atoms with van der Waals surface area (Å²) in [6, 6.07) is 1.83. The number of rotatable bonds is 3. The highest BCUT2D eigenvalue weighted by molar-refractivity contribution is 5.94. The van der Waals surface area contributed by atoms with E-state index in [0.29, 0.717) is 31.2 Å². The molecule has 100 valence electrons. The lowest BCUT2D eigenvalue weighted by Crippen LogP contribution is -2.28. The minimum Gasteiger partial charge on any atom is -0.342 e. The maximum absolute atomic E-state index is 13.4. The minimum absolute atomic E-state index is 0.356. The summed E-state index contributed by atoms with van der Waals surface area (Å²) in [4.78, 5) is 12.9. The van der Waals surface area contributed by atoms with E-state index in [9.17, 15) is 22.4 Å². The first-order chi connectivity index (χ1) is 8.27. The number of benzene rings is 1. The molecule has 0 unspecified atom stereocenters. The number of alkyl halides is 3. The molecule has 0 radical (unpaired) electrons. The molecule has 1 rings (SSSR count). The maximum atomic E-state index is 13.4. The molecular formula is C12H13F4NO. The van der Waals surface area contributed by atoms with Crippen molar-refractivity contribution in [3.8, 4) is 0 Å². The van der Waals surface area contributed by atoms with Gasteiger partial charge in [-0.15, -0.1) is 0 Å². The molecule has 0 aliphatic carbocycles. The van der Waals surface area contributed by atoms with Crippen LogP contribution in [-0.2, 0) is 6.18 Å². The molecule has 18 heavy (non-hydrogen) atoms. The molecule has 0 aliphatic rings. The highest BCUT2D eigenvalue weighted by atomic mass is 19.4. The van der Waals surface area contributed by atoms with Crippen LogP contribution in [0.1, 0.15) is 29.3 Å². The van der Waals surface area contributed by atoms with E-state index >= 15 is 0 Å². The number of carbonyl (C=O) groups is 1. The van der Waals surface area contributed by atoms with Crippen molar-refractivity contribution >= 4 is 5.91 Å². The van der Waals surface area contributed by atoms with E-state index in [0.717, 1.165) is 0 Å². The molecule has 0 saturated heterocycles. The second kappa shape index (κ2) is 5.37. The average Bonchev–Trinajstić information content (AvgIpc) is 2.27. The van der Waals surface area contributed by atoms with Crippen LogP contribution in [0.3, 0.4) is 0 Å². The van der Waals surface area contributed by atoms with Crippen LogP contribution in [0, 0.1) is 5.82 Å². The van der Waals surface area contributed by atoms with Crippen LogP contribution in [0.15, 0.2) is 18.2 Å².